The van der Waals surface area contributed by atoms with Crippen LogP contribution in [0.4, 0.5) is 0 Å². The third kappa shape index (κ3) is 4.11. The molecule has 2 atom stereocenters. The summed E-state index contributed by atoms with van der Waals surface area (Å²) in [5.41, 5.74) is 4.94. The van der Waals surface area contributed by atoms with E-state index >= 15 is 0 Å². The Morgan fingerprint density at radius 2 is 1.58 bits per heavy atom. The van der Waals surface area contributed by atoms with Gasteiger partial charge in [-0.25, -0.2) is 8.93 Å². The largest absolute Gasteiger partial charge is 0.237 e. The van der Waals surface area contributed by atoms with Gasteiger partial charge in [-0.1, -0.05) is 43.7 Å². The molecule has 0 fully saturated rings. The quantitative estimate of drug-likeness (QED) is 0.871. The van der Waals surface area contributed by atoms with E-state index in [0.717, 1.165) is 21.6 Å². The highest BCUT2D eigenvalue weighted by molar-refractivity contribution is 7.83. The summed E-state index contributed by atoms with van der Waals surface area (Å²) < 4.78 is 16.2. The smallest absolute Gasteiger partial charge is 0.126 e. The van der Waals surface area contributed by atoms with Gasteiger partial charge in [0.2, 0.25) is 0 Å². The summed E-state index contributed by atoms with van der Waals surface area (Å²) in [5.74, 6) is 0.271. The first-order valence-electron chi connectivity index (χ1n) is 8.09. The van der Waals surface area contributed by atoms with Gasteiger partial charge in [0.1, 0.15) is 11.0 Å². The molecule has 0 bridgehead atoms. The minimum atomic E-state index is -1.29. The van der Waals surface area contributed by atoms with Crippen LogP contribution in [0.1, 0.15) is 47.7 Å². The first-order chi connectivity index (χ1) is 11.3. The van der Waals surface area contributed by atoms with E-state index in [9.17, 15) is 4.21 Å². The van der Waals surface area contributed by atoms with Gasteiger partial charge in [0.25, 0.3) is 0 Å². The van der Waals surface area contributed by atoms with Crippen LogP contribution in [-0.2, 0) is 11.0 Å². The molecule has 126 valence electrons. The van der Waals surface area contributed by atoms with Crippen LogP contribution in [0.5, 0.6) is 0 Å². The Morgan fingerprint density at radius 1 is 1.04 bits per heavy atom. The molecule has 4 heteroatoms. The zero-order valence-electron chi connectivity index (χ0n) is 14.9. The van der Waals surface area contributed by atoms with Gasteiger partial charge in [0.15, 0.2) is 0 Å². The zero-order chi connectivity index (χ0) is 17.9. The number of nitrogens with zero attached hydrogens (tertiary/aromatic N) is 1. The lowest BCUT2D eigenvalue weighted by Crippen LogP contribution is -2.28. The second-order valence-corrected chi connectivity index (χ2v) is 7.75. The fourth-order valence-corrected chi connectivity index (χ4v) is 4.45. The van der Waals surface area contributed by atoms with Gasteiger partial charge in [-0.3, -0.25) is 0 Å². The van der Waals surface area contributed by atoms with E-state index < -0.39 is 11.0 Å². The molecule has 0 saturated carbocycles. The molecule has 0 radical (unpaired) electrons. The Labute approximate surface area is 147 Å². The highest BCUT2D eigenvalue weighted by Crippen LogP contribution is 2.26. The highest BCUT2D eigenvalue weighted by Gasteiger charge is 2.21. The van der Waals surface area contributed by atoms with E-state index in [1.54, 1.807) is 12.1 Å². The third-order valence-electron chi connectivity index (χ3n) is 4.09. The highest BCUT2D eigenvalue weighted by atomic mass is 32.2. The maximum absolute atomic E-state index is 13.0. The number of hydrogen-bond acceptors (Lipinski definition) is 2. The SMILES string of the molecule is Cc1cc(C)c(S(=O)N[C@@H](c2ccc(C#N)cc2)C(C)C)c(C)c1. The maximum atomic E-state index is 13.0. The summed E-state index contributed by atoms with van der Waals surface area (Å²) in [4.78, 5) is 0.861. The number of hydrogen-bond donors (Lipinski definition) is 1. The lowest BCUT2D eigenvalue weighted by molar-refractivity contribution is 0.478. The lowest BCUT2D eigenvalue weighted by Gasteiger charge is -2.23. The van der Waals surface area contributed by atoms with Crippen LogP contribution in [0.3, 0.4) is 0 Å². The van der Waals surface area contributed by atoms with E-state index in [-0.39, 0.29) is 12.0 Å². The topological polar surface area (TPSA) is 52.9 Å². The molecular weight excluding hydrogens is 316 g/mol. The number of aryl methyl sites for hydroxylation is 3. The van der Waals surface area contributed by atoms with Crippen molar-refractivity contribution in [2.45, 2.75) is 45.6 Å². The molecule has 24 heavy (non-hydrogen) atoms. The molecule has 0 aromatic heterocycles. The lowest BCUT2D eigenvalue weighted by atomic mass is 9.96. The molecule has 1 unspecified atom stereocenters. The molecular formula is C20H24N2OS. The van der Waals surface area contributed by atoms with Crippen molar-refractivity contribution in [3.63, 3.8) is 0 Å². The molecule has 0 saturated heterocycles. The van der Waals surface area contributed by atoms with Crippen LogP contribution in [0.25, 0.3) is 0 Å². The fourth-order valence-electron chi connectivity index (χ4n) is 2.99. The molecule has 2 aromatic rings. The first-order valence-corrected chi connectivity index (χ1v) is 9.24. The Hall–Kier alpha value is -1.96. The maximum Gasteiger partial charge on any atom is 0.126 e. The van der Waals surface area contributed by atoms with Crippen molar-refractivity contribution in [1.82, 2.24) is 4.72 Å². The van der Waals surface area contributed by atoms with Crippen LogP contribution in [0, 0.1) is 38.0 Å². The zero-order valence-corrected chi connectivity index (χ0v) is 15.7. The van der Waals surface area contributed by atoms with E-state index in [2.05, 4.69) is 36.8 Å². The van der Waals surface area contributed by atoms with E-state index in [1.807, 2.05) is 32.9 Å². The minimum Gasteiger partial charge on any atom is -0.237 e. The second kappa shape index (κ2) is 7.74. The van der Waals surface area contributed by atoms with Crippen LogP contribution in [0.15, 0.2) is 41.3 Å². The molecule has 2 rings (SSSR count). The average molecular weight is 340 g/mol. The predicted octanol–water partition coefficient (Wildman–Crippen LogP) is 4.49. The Kier molecular flexibility index (Phi) is 5.93. The average Bonchev–Trinajstić information content (AvgIpc) is 2.51. The first kappa shape index (κ1) is 18.4. The summed E-state index contributed by atoms with van der Waals surface area (Å²) in [7, 11) is -1.29. The molecule has 3 nitrogen and oxygen atoms in total. The van der Waals surface area contributed by atoms with Crippen molar-refractivity contribution in [2.24, 2.45) is 5.92 Å². The number of nitriles is 1. The van der Waals surface area contributed by atoms with Crippen molar-refractivity contribution in [1.29, 1.82) is 5.26 Å². The molecule has 1 N–H and O–H groups in total. The summed E-state index contributed by atoms with van der Waals surface area (Å²) >= 11 is 0. The molecule has 0 aliphatic rings. The van der Waals surface area contributed by atoms with Crippen LogP contribution in [-0.4, -0.2) is 4.21 Å². The van der Waals surface area contributed by atoms with Crippen molar-refractivity contribution >= 4 is 11.0 Å². The number of benzene rings is 2. The van der Waals surface area contributed by atoms with Crippen molar-refractivity contribution < 1.29 is 4.21 Å². The summed E-state index contributed by atoms with van der Waals surface area (Å²) in [6.45, 7) is 10.2. The van der Waals surface area contributed by atoms with E-state index in [4.69, 9.17) is 5.26 Å². The fraction of sp³-hybridized carbons (Fsp3) is 0.350. The van der Waals surface area contributed by atoms with Gasteiger partial charge in [-0.2, -0.15) is 5.26 Å². The van der Waals surface area contributed by atoms with Crippen molar-refractivity contribution in [2.75, 3.05) is 0 Å². The van der Waals surface area contributed by atoms with Gasteiger partial charge in [-0.05, 0) is 55.5 Å². The van der Waals surface area contributed by atoms with Crippen molar-refractivity contribution in [3.05, 3.63) is 64.2 Å². The number of rotatable bonds is 5. The molecule has 0 spiro atoms. The number of nitrogens with one attached hydrogen (secondary N) is 1. The summed E-state index contributed by atoms with van der Waals surface area (Å²) in [5, 5.41) is 8.94. The third-order valence-corrected chi connectivity index (χ3v) is 5.57. The molecule has 0 aliphatic carbocycles. The van der Waals surface area contributed by atoms with Gasteiger partial charge >= 0.3 is 0 Å². The summed E-state index contributed by atoms with van der Waals surface area (Å²) in [6, 6.07) is 13.7. The summed E-state index contributed by atoms with van der Waals surface area (Å²) in [6.07, 6.45) is 0. The predicted molar refractivity (Wildman–Crippen MR) is 98.9 cm³/mol. The van der Waals surface area contributed by atoms with Gasteiger partial charge < -0.3 is 0 Å². The van der Waals surface area contributed by atoms with E-state index in [0.29, 0.717) is 5.56 Å². The standard InChI is InChI=1S/C20H24N2OS/c1-13(2)19(18-8-6-17(12-21)7-9-18)22-24(23)20-15(4)10-14(3)11-16(20)5/h6-11,13,19,22H,1-5H3/t19-,24?/m1/s1. The van der Waals surface area contributed by atoms with Gasteiger partial charge in [-0.15, -0.1) is 0 Å². The van der Waals surface area contributed by atoms with Crippen LogP contribution < -0.4 is 4.72 Å². The second-order valence-electron chi connectivity index (χ2n) is 6.57. The molecule has 2 aromatic carbocycles. The Balaban J connectivity index is 2.31. The Morgan fingerprint density at radius 3 is 2.04 bits per heavy atom. The monoisotopic (exact) mass is 340 g/mol. The molecule has 0 amide bonds. The van der Waals surface area contributed by atoms with Crippen LogP contribution in [0.2, 0.25) is 0 Å². The van der Waals surface area contributed by atoms with Crippen LogP contribution >= 0.6 is 0 Å². The van der Waals surface area contributed by atoms with Gasteiger partial charge in [0.05, 0.1) is 16.5 Å². The van der Waals surface area contributed by atoms with E-state index in [1.165, 1.54) is 5.56 Å². The minimum absolute atomic E-state index is 0.0429. The van der Waals surface area contributed by atoms with Crippen molar-refractivity contribution in [3.8, 4) is 6.07 Å². The normalized spacial score (nSPS) is 13.5. The molecule has 0 aliphatic heterocycles. The Bertz CT molecular complexity index is 765. The molecule has 0 heterocycles. The van der Waals surface area contributed by atoms with Gasteiger partial charge in [0, 0.05) is 6.04 Å².